The first-order valence-electron chi connectivity index (χ1n) is 26.2. The molecule has 0 aliphatic carbocycles. The highest BCUT2D eigenvalue weighted by Crippen LogP contribution is 2.13. The molecule has 0 aromatic rings. The predicted molar refractivity (Wildman–Crippen MR) is 274 cm³/mol. The van der Waals surface area contributed by atoms with Gasteiger partial charge in [-0.3, -0.25) is 14.4 Å². The summed E-state index contributed by atoms with van der Waals surface area (Å²) in [5.74, 6) is -1.03. The molecular formula is C58H96O6. The minimum absolute atomic E-state index is 0.113. The van der Waals surface area contributed by atoms with Crippen LogP contribution in [0.2, 0.25) is 0 Å². The van der Waals surface area contributed by atoms with E-state index in [1.54, 1.807) is 0 Å². The molecule has 0 amide bonds. The summed E-state index contributed by atoms with van der Waals surface area (Å²) in [5.41, 5.74) is 0. The van der Waals surface area contributed by atoms with Gasteiger partial charge in [-0.2, -0.15) is 0 Å². The van der Waals surface area contributed by atoms with E-state index in [-0.39, 0.29) is 44.0 Å². The molecule has 0 saturated carbocycles. The zero-order chi connectivity index (χ0) is 46.5. The normalized spacial score (nSPS) is 12.9. The minimum Gasteiger partial charge on any atom is -0.462 e. The molecule has 1 atom stereocenters. The number of ether oxygens (including phenoxy) is 3. The van der Waals surface area contributed by atoms with Crippen molar-refractivity contribution in [1.82, 2.24) is 0 Å². The number of unbranched alkanes of at least 4 members (excludes halogenated alkanes) is 19. The average Bonchev–Trinajstić information content (AvgIpc) is 3.29. The number of rotatable bonds is 46. The molecule has 0 radical (unpaired) electrons. The maximum absolute atomic E-state index is 12.8. The third-order valence-electron chi connectivity index (χ3n) is 10.8. The number of carbonyl (C=O) groups is 3. The monoisotopic (exact) mass is 889 g/mol. The summed E-state index contributed by atoms with van der Waals surface area (Å²) < 4.78 is 16.7. The van der Waals surface area contributed by atoms with Crippen molar-refractivity contribution in [3.63, 3.8) is 0 Å². The smallest absolute Gasteiger partial charge is 0.306 e. The quantitative estimate of drug-likeness (QED) is 0.0262. The molecule has 364 valence electrons. The molecule has 0 aromatic heterocycles. The molecule has 0 aliphatic rings. The van der Waals surface area contributed by atoms with Crippen LogP contribution in [-0.2, 0) is 28.6 Å². The predicted octanol–water partition coefficient (Wildman–Crippen LogP) is 17.4. The van der Waals surface area contributed by atoms with E-state index in [4.69, 9.17) is 14.2 Å². The Morgan fingerprint density at radius 2 is 0.641 bits per heavy atom. The van der Waals surface area contributed by atoms with Crippen molar-refractivity contribution in [1.29, 1.82) is 0 Å². The average molecular weight is 889 g/mol. The highest BCUT2D eigenvalue weighted by molar-refractivity contribution is 5.71. The molecule has 0 aliphatic heterocycles. The van der Waals surface area contributed by atoms with Crippen LogP contribution in [0, 0.1) is 0 Å². The molecule has 0 bridgehead atoms. The van der Waals surface area contributed by atoms with Crippen LogP contribution in [0.1, 0.15) is 233 Å². The molecule has 6 heteroatoms. The topological polar surface area (TPSA) is 78.9 Å². The fourth-order valence-corrected chi connectivity index (χ4v) is 6.87. The van der Waals surface area contributed by atoms with Gasteiger partial charge in [-0.1, -0.05) is 201 Å². The summed E-state index contributed by atoms with van der Waals surface area (Å²) in [7, 11) is 0. The molecule has 0 N–H and O–H groups in total. The number of hydrogen-bond acceptors (Lipinski definition) is 6. The Balaban J connectivity index is 4.52. The van der Waals surface area contributed by atoms with Gasteiger partial charge in [0.25, 0.3) is 0 Å². The van der Waals surface area contributed by atoms with Gasteiger partial charge in [-0.25, -0.2) is 0 Å². The van der Waals surface area contributed by atoms with Crippen molar-refractivity contribution in [3.05, 3.63) is 97.2 Å². The molecular weight excluding hydrogens is 793 g/mol. The Kier molecular flexibility index (Phi) is 49.0. The van der Waals surface area contributed by atoms with Gasteiger partial charge in [0, 0.05) is 19.3 Å². The van der Waals surface area contributed by atoms with Crippen LogP contribution >= 0.6 is 0 Å². The third kappa shape index (κ3) is 49.3. The molecule has 1 unspecified atom stereocenters. The van der Waals surface area contributed by atoms with Crippen LogP contribution in [0.3, 0.4) is 0 Å². The van der Waals surface area contributed by atoms with Gasteiger partial charge in [-0.15, -0.1) is 0 Å². The number of carbonyl (C=O) groups excluding carboxylic acids is 3. The highest BCUT2D eigenvalue weighted by Gasteiger charge is 2.19. The summed E-state index contributed by atoms with van der Waals surface area (Å²) in [5, 5.41) is 0. The van der Waals surface area contributed by atoms with Crippen molar-refractivity contribution >= 4 is 17.9 Å². The first kappa shape index (κ1) is 60.3. The van der Waals surface area contributed by atoms with Crippen LogP contribution in [0.15, 0.2) is 97.2 Å². The maximum Gasteiger partial charge on any atom is 0.306 e. The van der Waals surface area contributed by atoms with Gasteiger partial charge in [0.05, 0.1) is 0 Å². The zero-order valence-corrected chi connectivity index (χ0v) is 41.5. The lowest BCUT2D eigenvalue weighted by Gasteiger charge is -2.18. The number of esters is 3. The van der Waals surface area contributed by atoms with Crippen LogP contribution in [-0.4, -0.2) is 37.2 Å². The van der Waals surface area contributed by atoms with E-state index in [2.05, 4.69) is 112 Å². The second-order valence-corrected chi connectivity index (χ2v) is 17.0. The Labute approximate surface area is 394 Å². The first-order chi connectivity index (χ1) is 31.5. The van der Waals surface area contributed by atoms with Gasteiger partial charge in [0.2, 0.25) is 0 Å². The van der Waals surface area contributed by atoms with Crippen LogP contribution in [0.25, 0.3) is 0 Å². The van der Waals surface area contributed by atoms with E-state index in [0.717, 1.165) is 89.9 Å². The molecule has 0 heterocycles. The van der Waals surface area contributed by atoms with Crippen molar-refractivity contribution in [2.24, 2.45) is 0 Å². The summed E-state index contributed by atoms with van der Waals surface area (Å²) in [6.07, 6.45) is 68.3. The second kappa shape index (κ2) is 52.0. The van der Waals surface area contributed by atoms with E-state index in [1.807, 2.05) is 6.08 Å². The van der Waals surface area contributed by atoms with Gasteiger partial charge < -0.3 is 14.2 Å². The summed E-state index contributed by atoms with van der Waals surface area (Å²) in [6, 6.07) is 0. The lowest BCUT2D eigenvalue weighted by molar-refractivity contribution is -0.166. The summed E-state index contributed by atoms with van der Waals surface area (Å²) >= 11 is 0. The number of allylic oxidation sites excluding steroid dienone is 16. The molecule has 64 heavy (non-hydrogen) atoms. The minimum atomic E-state index is -0.820. The van der Waals surface area contributed by atoms with Crippen molar-refractivity contribution in [3.8, 4) is 0 Å². The summed E-state index contributed by atoms with van der Waals surface area (Å²) in [6.45, 7) is 6.40. The fraction of sp³-hybridized carbons (Fsp3) is 0.672. The second-order valence-electron chi connectivity index (χ2n) is 17.0. The van der Waals surface area contributed by atoms with Gasteiger partial charge >= 0.3 is 17.9 Å². The zero-order valence-electron chi connectivity index (χ0n) is 41.5. The van der Waals surface area contributed by atoms with E-state index in [0.29, 0.717) is 19.3 Å². The van der Waals surface area contributed by atoms with Crippen molar-refractivity contribution in [2.75, 3.05) is 13.2 Å². The standard InChI is InChI=1S/C58H96O6/c1-4-7-10-13-16-19-22-25-27-29-31-33-36-39-42-45-48-51-57(60)63-54-55(53-62-56(59)50-47-44-41-38-35-32-24-21-18-15-12-9-6-3)64-58(61)52-49-46-43-40-37-34-30-28-26-23-20-17-14-11-8-5-2/h8,11,16-17,19-20,25-28,32,34-35,37,41,44,55H,4-7,9-10,12-15,18,21-24,29-31,33,36,38-40,42-43,45-54H2,1-3H3/b11-8-,19-16-,20-17-,27-25-,28-26-,35-32-,37-34-,44-41-. The SMILES string of the molecule is CC/C=C\C/C=C\C/C=C\C/C=C\CCCCCC(=O)OC(COC(=O)CC/C=C\C/C=C\CCCCCCCC)COC(=O)CCCCCCCCC/C=C\C/C=C\CCCCC. The van der Waals surface area contributed by atoms with E-state index in [1.165, 1.54) is 89.9 Å². The Hall–Kier alpha value is -3.67. The van der Waals surface area contributed by atoms with Crippen molar-refractivity contribution in [2.45, 2.75) is 239 Å². The molecule has 0 spiro atoms. The lowest BCUT2D eigenvalue weighted by atomic mass is 10.1. The molecule has 0 fully saturated rings. The van der Waals surface area contributed by atoms with Crippen LogP contribution in [0.4, 0.5) is 0 Å². The van der Waals surface area contributed by atoms with Gasteiger partial charge in [0.15, 0.2) is 6.10 Å². The van der Waals surface area contributed by atoms with Gasteiger partial charge in [-0.05, 0) is 109 Å². The third-order valence-corrected chi connectivity index (χ3v) is 10.8. The molecule has 0 aromatic carbocycles. The fourth-order valence-electron chi connectivity index (χ4n) is 6.87. The van der Waals surface area contributed by atoms with E-state index in [9.17, 15) is 14.4 Å². The maximum atomic E-state index is 12.8. The highest BCUT2D eigenvalue weighted by atomic mass is 16.6. The number of hydrogen-bond donors (Lipinski definition) is 0. The Bertz CT molecular complexity index is 1300. The molecule has 0 rings (SSSR count). The largest absolute Gasteiger partial charge is 0.462 e. The van der Waals surface area contributed by atoms with Crippen molar-refractivity contribution < 1.29 is 28.6 Å². The van der Waals surface area contributed by atoms with Crippen LogP contribution in [0.5, 0.6) is 0 Å². The molecule has 0 saturated heterocycles. The Morgan fingerprint density at radius 1 is 0.328 bits per heavy atom. The van der Waals surface area contributed by atoms with Crippen LogP contribution < -0.4 is 0 Å². The lowest BCUT2D eigenvalue weighted by Crippen LogP contribution is -2.30. The molecule has 6 nitrogen and oxygen atoms in total. The van der Waals surface area contributed by atoms with Gasteiger partial charge in [0.1, 0.15) is 13.2 Å². The summed E-state index contributed by atoms with van der Waals surface area (Å²) in [4.78, 5) is 38.0. The van der Waals surface area contributed by atoms with E-state index >= 15 is 0 Å². The van der Waals surface area contributed by atoms with E-state index < -0.39 is 6.10 Å². The first-order valence-corrected chi connectivity index (χ1v) is 26.2. The Morgan fingerprint density at radius 3 is 1.09 bits per heavy atom.